The van der Waals surface area contributed by atoms with Gasteiger partial charge in [-0.3, -0.25) is 24.0 Å². The smallest absolute Gasteiger partial charge is 0.246 e. The van der Waals surface area contributed by atoms with Crippen LogP contribution in [-0.4, -0.2) is 97.5 Å². The number of amides is 5. The van der Waals surface area contributed by atoms with Crippen LogP contribution in [0.25, 0.3) is 10.9 Å². The fourth-order valence-corrected chi connectivity index (χ4v) is 5.53. The molecule has 3 atom stereocenters. The Morgan fingerprint density at radius 1 is 1.04 bits per heavy atom. The molecular formula is C35H46N6O7. The van der Waals surface area contributed by atoms with Crippen molar-refractivity contribution in [2.75, 3.05) is 40.0 Å². The number of H-pyrrole nitrogens is 1. The van der Waals surface area contributed by atoms with Crippen LogP contribution in [0.3, 0.4) is 0 Å². The summed E-state index contributed by atoms with van der Waals surface area (Å²) in [4.78, 5) is 71.8. The average Bonchev–Trinajstić information content (AvgIpc) is 3.49. The molecule has 13 heteroatoms. The molecule has 0 spiro atoms. The molecule has 48 heavy (non-hydrogen) atoms. The monoisotopic (exact) mass is 662 g/mol. The van der Waals surface area contributed by atoms with Gasteiger partial charge in [0.25, 0.3) is 0 Å². The third kappa shape index (κ3) is 9.80. The second-order valence-electron chi connectivity index (χ2n) is 12.1. The molecule has 0 saturated carbocycles. The van der Waals surface area contributed by atoms with E-state index >= 15 is 0 Å². The zero-order chi connectivity index (χ0) is 34.6. The average molecular weight is 663 g/mol. The van der Waals surface area contributed by atoms with Crippen molar-refractivity contribution in [3.63, 3.8) is 0 Å². The molecule has 5 N–H and O–H groups in total. The number of ether oxygens (including phenoxy) is 2. The van der Waals surface area contributed by atoms with Crippen molar-refractivity contribution < 1.29 is 33.4 Å². The fourth-order valence-electron chi connectivity index (χ4n) is 5.53. The van der Waals surface area contributed by atoms with E-state index in [1.54, 1.807) is 37.4 Å². The van der Waals surface area contributed by atoms with Crippen molar-refractivity contribution in [2.45, 2.75) is 58.2 Å². The maximum absolute atomic E-state index is 14.3. The van der Waals surface area contributed by atoms with Gasteiger partial charge >= 0.3 is 0 Å². The Hall–Kier alpha value is -4.91. The van der Waals surface area contributed by atoms with Crippen LogP contribution in [0, 0.1) is 5.92 Å². The van der Waals surface area contributed by atoms with Crippen LogP contribution in [0.15, 0.2) is 54.7 Å². The van der Waals surface area contributed by atoms with Crippen molar-refractivity contribution in [3.05, 3.63) is 65.9 Å². The summed E-state index contributed by atoms with van der Waals surface area (Å²) in [5, 5.41) is 12.2. The molecule has 3 heterocycles. The van der Waals surface area contributed by atoms with Crippen LogP contribution in [-0.2, 0) is 41.6 Å². The normalized spacial score (nSPS) is 20.2. The van der Waals surface area contributed by atoms with Gasteiger partial charge in [-0.2, -0.15) is 0 Å². The van der Waals surface area contributed by atoms with Crippen LogP contribution < -0.4 is 26.0 Å². The molecule has 5 rings (SSSR count). The molecule has 3 aromatic rings. The first kappa shape index (κ1) is 35.9. The van der Waals surface area contributed by atoms with Gasteiger partial charge in [-0.05, 0) is 35.2 Å². The van der Waals surface area contributed by atoms with Gasteiger partial charge in [0.1, 0.15) is 30.5 Å². The van der Waals surface area contributed by atoms with E-state index in [1.165, 1.54) is 12.0 Å². The first-order valence-corrected chi connectivity index (χ1v) is 16.3. The van der Waals surface area contributed by atoms with Crippen LogP contribution in [0.2, 0.25) is 0 Å². The highest BCUT2D eigenvalue weighted by Gasteiger charge is 2.32. The SMILES string of the molecule is CCC(=O)N[C@H]1Cc2ccc(cc2)OCCNC(=O)[C@H](C(C)C)NC(=O)CN(CCOC)C(=O)[C@H](Cc2c[nH]c3ccccc23)NC1=O. The number of hydrogen-bond acceptors (Lipinski definition) is 7. The second-order valence-corrected chi connectivity index (χ2v) is 12.1. The highest BCUT2D eigenvalue weighted by Crippen LogP contribution is 2.20. The lowest BCUT2D eigenvalue weighted by molar-refractivity contribution is -0.141. The number of methoxy groups -OCH3 is 1. The predicted molar refractivity (Wildman–Crippen MR) is 180 cm³/mol. The van der Waals surface area contributed by atoms with Gasteiger partial charge in [-0.15, -0.1) is 0 Å². The minimum absolute atomic E-state index is 0.0568. The summed E-state index contributed by atoms with van der Waals surface area (Å²) in [6, 6.07) is 11.8. The highest BCUT2D eigenvalue weighted by molar-refractivity contribution is 5.95. The van der Waals surface area contributed by atoms with E-state index in [0.29, 0.717) is 5.75 Å². The number of para-hydroxylation sites is 1. The summed E-state index contributed by atoms with van der Waals surface area (Å²) in [5.41, 5.74) is 2.42. The second kappa shape index (κ2) is 17.3. The van der Waals surface area contributed by atoms with Crippen molar-refractivity contribution in [3.8, 4) is 5.75 Å². The molecule has 0 aliphatic carbocycles. The molecule has 0 fully saturated rings. The van der Waals surface area contributed by atoms with Crippen molar-refractivity contribution in [2.24, 2.45) is 5.92 Å². The number of aromatic amines is 1. The van der Waals surface area contributed by atoms with E-state index < -0.39 is 35.8 Å². The number of aromatic nitrogens is 1. The topological polar surface area (TPSA) is 171 Å². The molecule has 258 valence electrons. The molecule has 2 bridgehead atoms. The van der Waals surface area contributed by atoms with E-state index in [1.807, 2.05) is 38.1 Å². The summed E-state index contributed by atoms with van der Waals surface area (Å²) in [6.45, 7) is 5.54. The number of nitrogens with one attached hydrogen (secondary N) is 5. The predicted octanol–water partition coefficient (Wildman–Crippen LogP) is 1.46. The summed E-state index contributed by atoms with van der Waals surface area (Å²) < 4.78 is 11.0. The van der Waals surface area contributed by atoms with Crippen molar-refractivity contribution in [1.82, 2.24) is 31.2 Å². The number of benzene rings is 2. The van der Waals surface area contributed by atoms with Crippen LogP contribution >= 0.6 is 0 Å². The van der Waals surface area contributed by atoms with Gasteiger partial charge in [0.15, 0.2) is 0 Å². The third-order valence-electron chi connectivity index (χ3n) is 8.20. The van der Waals surface area contributed by atoms with E-state index in [-0.39, 0.29) is 69.8 Å². The number of carbonyl (C=O) groups excluding carboxylic acids is 5. The van der Waals surface area contributed by atoms with E-state index in [4.69, 9.17) is 9.47 Å². The third-order valence-corrected chi connectivity index (χ3v) is 8.20. The molecule has 2 aliphatic heterocycles. The number of hydrogen-bond donors (Lipinski definition) is 5. The fraction of sp³-hybridized carbons (Fsp3) is 0.457. The van der Waals surface area contributed by atoms with E-state index in [2.05, 4.69) is 26.3 Å². The van der Waals surface area contributed by atoms with E-state index in [9.17, 15) is 24.0 Å². The Bertz CT molecular complexity index is 1570. The van der Waals surface area contributed by atoms with Gasteiger partial charge in [-0.1, -0.05) is 51.1 Å². The molecule has 2 aromatic carbocycles. The molecule has 0 unspecified atom stereocenters. The molecule has 0 saturated heterocycles. The van der Waals surface area contributed by atoms with Crippen molar-refractivity contribution >= 4 is 40.4 Å². The summed E-state index contributed by atoms with van der Waals surface area (Å²) >= 11 is 0. The van der Waals surface area contributed by atoms with E-state index in [0.717, 1.165) is 22.0 Å². The summed E-state index contributed by atoms with van der Waals surface area (Å²) in [6.07, 6.45) is 2.23. The molecular weight excluding hydrogens is 616 g/mol. The highest BCUT2D eigenvalue weighted by atomic mass is 16.5. The minimum Gasteiger partial charge on any atom is -0.492 e. The summed E-state index contributed by atoms with van der Waals surface area (Å²) in [7, 11) is 1.49. The Morgan fingerprint density at radius 2 is 1.79 bits per heavy atom. The maximum atomic E-state index is 14.3. The van der Waals surface area contributed by atoms with Crippen molar-refractivity contribution in [1.29, 1.82) is 0 Å². The van der Waals surface area contributed by atoms with Gasteiger partial charge in [0, 0.05) is 50.0 Å². The van der Waals surface area contributed by atoms with Gasteiger partial charge in [0.05, 0.1) is 19.7 Å². The lowest BCUT2D eigenvalue weighted by Gasteiger charge is -2.30. The molecule has 0 radical (unpaired) electrons. The van der Waals surface area contributed by atoms with Gasteiger partial charge < -0.3 is 40.6 Å². The molecule has 5 amide bonds. The Balaban J connectivity index is 1.72. The van der Waals surface area contributed by atoms with Gasteiger partial charge in [0.2, 0.25) is 29.5 Å². The number of rotatable bonds is 8. The largest absolute Gasteiger partial charge is 0.492 e. The first-order valence-electron chi connectivity index (χ1n) is 16.3. The Morgan fingerprint density at radius 3 is 2.50 bits per heavy atom. The molecule has 2 aliphatic rings. The lowest BCUT2D eigenvalue weighted by Crippen LogP contribution is -2.58. The minimum atomic E-state index is -1.10. The van der Waals surface area contributed by atoms with Crippen LogP contribution in [0.1, 0.15) is 38.3 Å². The Kier molecular flexibility index (Phi) is 13.0. The van der Waals surface area contributed by atoms with Crippen LogP contribution in [0.5, 0.6) is 5.75 Å². The van der Waals surface area contributed by atoms with Gasteiger partial charge in [-0.25, -0.2) is 0 Å². The molecule has 13 nitrogen and oxygen atoms in total. The Labute approximate surface area is 280 Å². The quantitative estimate of drug-likeness (QED) is 0.227. The molecule has 1 aromatic heterocycles. The maximum Gasteiger partial charge on any atom is 0.246 e. The zero-order valence-electron chi connectivity index (χ0n) is 28.0. The first-order chi connectivity index (χ1) is 23.1. The summed E-state index contributed by atoms with van der Waals surface area (Å²) in [5.74, 6) is -1.96. The zero-order valence-corrected chi connectivity index (χ0v) is 28.0. The number of fused-ring (bicyclic) bond motifs is 18. The standard InChI is InChI=1S/C35H46N6O7/c1-5-30(42)38-28-18-23-10-12-25(13-11-23)48-16-14-36-34(45)32(22(2)3)40-31(43)21-41(15-17-47-4)35(46)29(39-33(28)44)19-24-20-37-27-9-7-6-8-26(24)27/h6-13,20,22,28-29,32,37H,5,14-19,21H2,1-4H3,(H,36,45)(H,38,42)(H,39,44)(H,40,43)/t28-,29-,32-/m0/s1. The number of nitrogens with zero attached hydrogens (tertiary/aromatic N) is 1. The van der Waals surface area contributed by atoms with Crippen LogP contribution in [0.4, 0.5) is 0 Å². The lowest BCUT2D eigenvalue weighted by atomic mass is 10.0. The number of carbonyl (C=O) groups is 5.